The predicted molar refractivity (Wildman–Crippen MR) is 116 cm³/mol. The van der Waals surface area contributed by atoms with Gasteiger partial charge in [0.25, 0.3) is 5.91 Å². The molecule has 4 aromatic rings. The van der Waals surface area contributed by atoms with Crippen LogP contribution >= 0.6 is 0 Å². The van der Waals surface area contributed by atoms with E-state index in [9.17, 15) is 9.59 Å². The first-order chi connectivity index (χ1) is 15.0. The number of aryl methyl sites for hydroxylation is 2. The predicted octanol–water partition coefficient (Wildman–Crippen LogP) is 4.10. The van der Waals surface area contributed by atoms with E-state index in [2.05, 4.69) is 15.8 Å². The molecule has 2 amide bonds. The van der Waals surface area contributed by atoms with Crippen LogP contribution in [-0.2, 0) is 6.61 Å². The van der Waals surface area contributed by atoms with Crippen molar-refractivity contribution in [2.24, 2.45) is 0 Å². The molecule has 0 saturated heterocycles. The Hall–Kier alpha value is -4.13. The molecule has 2 aromatic carbocycles. The smallest absolute Gasteiger partial charge is 0.305 e. The lowest BCUT2D eigenvalue weighted by Crippen LogP contribution is -2.41. The fourth-order valence-electron chi connectivity index (χ4n) is 3.14. The van der Waals surface area contributed by atoms with E-state index in [1.54, 1.807) is 37.4 Å². The van der Waals surface area contributed by atoms with Gasteiger partial charge in [0.2, 0.25) is 0 Å². The lowest BCUT2D eigenvalue weighted by atomic mass is 10.1. The van der Waals surface area contributed by atoms with Crippen LogP contribution in [0.5, 0.6) is 5.75 Å². The van der Waals surface area contributed by atoms with Crippen molar-refractivity contribution in [2.45, 2.75) is 20.5 Å². The van der Waals surface area contributed by atoms with Crippen LogP contribution in [0.25, 0.3) is 11.0 Å². The summed E-state index contributed by atoms with van der Waals surface area (Å²) in [6.45, 7) is 3.99. The minimum atomic E-state index is -0.520. The van der Waals surface area contributed by atoms with Crippen LogP contribution in [0.3, 0.4) is 0 Å². The van der Waals surface area contributed by atoms with Crippen LogP contribution in [-0.4, -0.2) is 16.8 Å². The van der Waals surface area contributed by atoms with Crippen molar-refractivity contribution in [3.8, 4) is 5.75 Å². The molecule has 2 aromatic heterocycles. The average Bonchev–Trinajstić information content (AvgIpc) is 3.14. The first kappa shape index (κ1) is 20.2. The summed E-state index contributed by atoms with van der Waals surface area (Å²) in [6.07, 6.45) is 1.65. The maximum absolute atomic E-state index is 12.5. The number of para-hydroxylation sites is 1. The van der Waals surface area contributed by atoms with E-state index in [0.717, 1.165) is 16.6 Å². The Balaban J connectivity index is 1.38. The molecule has 0 atom stereocenters. The second kappa shape index (κ2) is 8.71. The average molecular weight is 415 g/mol. The van der Waals surface area contributed by atoms with Crippen LogP contribution in [0.2, 0.25) is 0 Å². The quantitative estimate of drug-likeness (QED) is 0.479. The second-order valence-corrected chi connectivity index (χ2v) is 7.08. The molecule has 156 valence electrons. The molecule has 4 rings (SSSR count). The van der Waals surface area contributed by atoms with Crippen LogP contribution in [0.1, 0.15) is 37.7 Å². The topological polar surface area (TPSA) is 93.5 Å². The number of ether oxygens (including phenoxy) is 1. The van der Waals surface area contributed by atoms with E-state index in [-0.39, 0.29) is 12.4 Å². The molecule has 0 saturated carbocycles. The SMILES string of the molecule is Cc1ccc(OCc2cccc(C(=O)NNC(=O)c3oc4ccccc4c3C)c2)cn1. The summed E-state index contributed by atoms with van der Waals surface area (Å²) in [5, 5.41) is 0.857. The zero-order valence-corrected chi connectivity index (χ0v) is 17.1. The maximum Gasteiger partial charge on any atom is 0.305 e. The van der Waals surface area contributed by atoms with Gasteiger partial charge >= 0.3 is 5.91 Å². The first-order valence-electron chi connectivity index (χ1n) is 9.74. The third kappa shape index (κ3) is 4.56. The van der Waals surface area contributed by atoms with Crippen molar-refractivity contribution < 1.29 is 18.7 Å². The molecule has 7 heteroatoms. The van der Waals surface area contributed by atoms with Gasteiger partial charge in [0, 0.05) is 22.2 Å². The highest BCUT2D eigenvalue weighted by Gasteiger charge is 2.18. The number of furan rings is 1. The lowest BCUT2D eigenvalue weighted by molar-refractivity contribution is 0.0831. The van der Waals surface area contributed by atoms with Gasteiger partial charge in [-0.25, -0.2) is 0 Å². The van der Waals surface area contributed by atoms with Gasteiger partial charge in [-0.2, -0.15) is 0 Å². The molecular weight excluding hydrogens is 394 g/mol. The van der Waals surface area contributed by atoms with Gasteiger partial charge in [0.1, 0.15) is 17.9 Å². The number of aromatic nitrogens is 1. The van der Waals surface area contributed by atoms with E-state index < -0.39 is 11.8 Å². The molecule has 0 aliphatic rings. The fraction of sp³-hybridized carbons (Fsp3) is 0.125. The highest BCUT2D eigenvalue weighted by atomic mass is 16.5. The van der Waals surface area contributed by atoms with Crippen molar-refractivity contribution in [2.75, 3.05) is 0 Å². The summed E-state index contributed by atoms with van der Waals surface area (Å²) < 4.78 is 11.3. The molecule has 31 heavy (non-hydrogen) atoms. The molecule has 0 fully saturated rings. The highest BCUT2D eigenvalue weighted by molar-refractivity contribution is 6.01. The monoisotopic (exact) mass is 415 g/mol. The summed E-state index contributed by atoms with van der Waals surface area (Å²) >= 11 is 0. The number of nitrogens with zero attached hydrogens (tertiary/aromatic N) is 1. The van der Waals surface area contributed by atoms with Gasteiger partial charge < -0.3 is 9.15 Å². The Labute approximate surface area is 179 Å². The Bertz CT molecular complexity index is 1250. The van der Waals surface area contributed by atoms with Crippen LogP contribution in [0.4, 0.5) is 0 Å². The summed E-state index contributed by atoms with van der Waals surface area (Å²) in [5.41, 5.74) is 8.28. The van der Waals surface area contributed by atoms with E-state index in [4.69, 9.17) is 9.15 Å². The van der Waals surface area contributed by atoms with Crippen molar-refractivity contribution in [3.63, 3.8) is 0 Å². The van der Waals surface area contributed by atoms with Crippen LogP contribution in [0.15, 0.2) is 71.3 Å². The summed E-state index contributed by atoms with van der Waals surface area (Å²) in [6, 6.07) is 18.1. The van der Waals surface area contributed by atoms with Gasteiger partial charge in [-0.1, -0.05) is 30.3 Å². The highest BCUT2D eigenvalue weighted by Crippen LogP contribution is 2.24. The second-order valence-electron chi connectivity index (χ2n) is 7.08. The van der Waals surface area contributed by atoms with Crippen molar-refractivity contribution in [1.82, 2.24) is 15.8 Å². The van der Waals surface area contributed by atoms with E-state index in [0.29, 0.717) is 22.5 Å². The third-order valence-corrected chi connectivity index (χ3v) is 4.82. The van der Waals surface area contributed by atoms with E-state index in [1.165, 1.54) is 0 Å². The van der Waals surface area contributed by atoms with Gasteiger partial charge in [-0.15, -0.1) is 0 Å². The number of carbonyl (C=O) groups is 2. The largest absolute Gasteiger partial charge is 0.487 e. The van der Waals surface area contributed by atoms with E-state index >= 15 is 0 Å². The molecule has 0 aliphatic carbocycles. The normalized spacial score (nSPS) is 10.6. The molecule has 0 spiro atoms. The molecule has 0 radical (unpaired) electrons. The Morgan fingerprint density at radius 3 is 2.55 bits per heavy atom. The number of amides is 2. The van der Waals surface area contributed by atoms with Gasteiger partial charge in [-0.3, -0.25) is 25.4 Å². The molecular formula is C24H21N3O4. The minimum Gasteiger partial charge on any atom is -0.487 e. The number of fused-ring (bicyclic) bond motifs is 1. The van der Waals surface area contributed by atoms with Crippen LogP contribution < -0.4 is 15.6 Å². The molecule has 2 N–H and O–H groups in total. The van der Waals surface area contributed by atoms with Gasteiger partial charge in [-0.05, 0) is 49.7 Å². The van der Waals surface area contributed by atoms with Gasteiger partial charge in [0.15, 0.2) is 5.76 Å². The minimum absolute atomic E-state index is 0.162. The zero-order valence-electron chi connectivity index (χ0n) is 17.1. The van der Waals surface area contributed by atoms with Crippen molar-refractivity contribution >= 4 is 22.8 Å². The molecule has 0 aliphatic heterocycles. The summed E-state index contributed by atoms with van der Waals surface area (Å²) in [4.78, 5) is 29.2. The lowest BCUT2D eigenvalue weighted by Gasteiger charge is -2.09. The Morgan fingerprint density at radius 1 is 0.968 bits per heavy atom. The maximum atomic E-state index is 12.5. The first-order valence-corrected chi connectivity index (χ1v) is 9.74. The van der Waals surface area contributed by atoms with Crippen LogP contribution in [0, 0.1) is 13.8 Å². The molecule has 2 heterocycles. The Morgan fingerprint density at radius 2 is 1.77 bits per heavy atom. The number of hydrogen-bond acceptors (Lipinski definition) is 5. The third-order valence-electron chi connectivity index (χ3n) is 4.82. The number of carbonyl (C=O) groups excluding carboxylic acids is 2. The van der Waals surface area contributed by atoms with Gasteiger partial charge in [0.05, 0.1) is 6.20 Å². The summed E-state index contributed by atoms with van der Waals surface area (Å²) in [7, 11) is 0. The summed E-state index contributed by atoms with van der Waals surface area (Å²) in [5.74, 6) is -0.154. The van der Waals surface area contributed by atoms with Crippen molar-refractivity contribution in [3.05, 3.63) is 95.0 Å². The van der Waals surface area contributed by atoms with E-state index in [1.807, 2.05) is 43.3 Å². The molecule has 0 unspecified atom stereocenters. The number of pyridine rings is 1. The Kier molecular flexibility index (Phi) is 5.66. The number of rotatable bonds is 5. The zero-order chi connectivity index (χ0) is 21.8. The number of nitrogens with one attached hydrogen (secondary N) is 2. The number of hydrogen-bond donors (Lipinski definition) is 2. The fourth-order valence-corrected chi connectivity index (χ4v) is 3.14. The number of hydrazine groups is 1. The molecule has 0 bridgehead atoms. The number of benzene rings is 2. The van der Waals surface area contributed by atoms with Crippen molar-refractivity contribution in [1.29, 1.82) is 0 Å². The standard InChI is InChI=1S/C24H21N3O4/c1-15-10-11-19(13-25-15)30-14-17-6-5-7-18(12-17)23(28)26-27-24(29)22-16(2)20-8-3-4-9-21(20)31-22/h3-13H,14H2,1-2H3,(H,26,28)(H,27,29). The molecule has 7 nitrogen and oxygen atoms in total.